The summed E-state index contributed by atoms with van der Waals surface area (Å²) in [6.45, 7) is 0.601. The van der Waals surface area contributed by atoms with Gasteiger partial charge < -0.3 is 9.47 Å². The van der Waals surface area contributed by atoms with Crippen molar-refractivity contribution in [2.24, 2.45) is 0 Å². The smallest absolute Gasteiger partial charge is 0.250 e. The van der Waals surface area contributed by atoms with E-state index in [2.05, 4.69) is 4.98 Å². The van der Waals surface area contributed by atoms with Gasteiger partial charge in [-0.2, -0.15) is 0 Å². The van der Waals surface area contributed by atoms with Crippen LogP contribution in [0, 0.1) is 0 Å². The number of aromatic nitrogens is 2. The van der Waals surface area contributed by atoms with Crippen LogP contribution < -0.4 is 5.46 Å². The summed E-state index contributed by atoms with van der Waals surface area (Å²) in [5.74, 6) is 0.0743. The second kappa shape index (κ2) is 4.01. The van der Waals surface area contributed by atoms with Gasteiger partial charge in [-0.1, -0.05) is 29.7 Å². The molecule has 2 heterocycles. The van der Waals surface area contributed by atoms with Gasteiger partial charge in [0.15, 0.2) is 0 Å². The topological polar surface area (TPSA) is 38.1 Å². The maximum absolute atomic E-state index is 12.3. The van der Waals surface area contributed by atoms with Crippen LogP contribution in [0.1, 0.15) is 17.3 Å². The number of carbonyl (C=O) groups excluding carboxylic acids is 1. The number of likely N-dealkylation sites (N-methyl/N-ethyl adjacent to an activating group) is 1. The van der Waals surface area contributed by atoms with E-state index in [9.17, 15) is 4.79 Å². The van der Waals surface area contributed by atoms with Gasteiger partial charge in [0.05, 0.1) is 18.6 Å². The quantitative estimate of drug-likeness (QED) is 0.666. The van der Waals surface area contributed by atoms with Crippen LogP contribution in [0.25, 0.3) is 0 Å². The van der Waals surface area contributed by atoms with E-state index in [-0.39, 0.29) is 11.9 Å². The van der Waals surface area contributed by atoms with Crippen LogP contribution in [0.3, 0.4) is 0 Å². The Morgan fingerprint density at radius 1 is 1.33 bits per heavy atom. The van der Waals surface area contributed by atoms with Gasteiger partial charge in [0.25, 0.3) is 0 Å². The first-order chi connectivity index (χ1) is 8.66. The lowest BCUT2D eigenvalue weighted by Crippen LogP contribution is -2.40. The molecule has 0 N–H and O–H groups in total. The minimum absolute atomic E-state index is 0.0743. The molecular weight excluding hydrogens is 225 g/mol. The summed E-state index contributed by atoms with van der Waals surface area (Å²) >= 11 is 0. The number of carbonyl (C=O) groups is 1. The molecule has 0 bridgehead atoms. The first-order valence-corrected chi connectivity index (χ1v) is 5.78. The fourth-order valence-corrected chi connectivity index (χ4v) is 2.32. The molecule has 0 saturated heterocycles. The molecule has 3 rings (SSSR count). The van der Waals surface area contributed by atoms with Crippen molar-refractivity contribution < 1.29 is 4.79 Å². The molecule has 0 spiro atoms. The van der Waals surface area contributed by atoms with E-state index < -0.39 is 0 Å². The number of rotatable bonds is 1. The van der Waals surface area contributed by atoms with Gasteiger partial charge in [-0.3, -0.25) is 4.79 Å². The summed E-state index contributed by atoms with van der Waals surface area (Å²) in [7, 11) is 7.49. The molecule has 5 heteroatoms. The summed E-state index contributed by atoms with van der Waals surface area (Å²) in [5, 5.41) is 0. The van der Waals surface area contributed by atoms with E-state index >= 15 is 0 Å². The molecule has 2 radical (unpaired) electrons. The van der Waals surface area contributed by atoms with Crippen LogP contribution in [0.15, 0.2) is 36.8 Å². The van der Waals surface area contributed by atoms with E-state index in [0.29, 0.717) is 12.0 Å². The SMILES string of the molecule is [B]c1ccc(C2C(=O)N(C)Cc3cncn32)cc1. The zero-order chi connectivity index (χ0) is 12.7. The third-order valence-corrected chi connectivity index (χ3v) is 3.29. The van der Waals surface area contributed by atoms with Crippen LogP contribution in [-0.4, -0.2) is 35.3 Å². The highest BCUT2D eigenvalue weighted by molar-refractivity contribution is 6.32. The Morgan fingerprint density at radius 2 is 2.06 bits per heavy atom. The molecule has 1 unspecified atom stereocenters. The number of benzene rings is 1. The maximum atomic E-state index is 12.3. The minimum atomic E-state index is -0.332. The first kappa shape index (κ1) is 11.1. The standard InChI is InChI=1S/C13H12BN3O/c1-16-7-11-6-15-8-17(11)12(13(16)18)9-2-4-10(14)5-3-9/h2-6,8,12H,7H2,1H3. The van der Waals surface area contributed by atoms with E-state index in [4.69, 9.17) is 7.85 Å². The molecule has 1 aliphatic heterocycles. The van der Waals surface area contributed by atoms with Gasteiger partial charge in [0.2, 0.25) is 5.91 Å². The van der Waals surface area contributed by atoms with Crippen molar-refractivity contribution in [2.75, 3.05) is 7.05 Å². The fraction of sp³-hybridized carbons (Fsp3) is 0.231. The van der Waals surface area contributed by atoms with E-state index in [1.54, 1.807) is 17.4 Å². The number of nitrogens with zero attached hydrogens (tertiary/aromatic N) is 3. The molecule has 0 fully saturated rings. The number of fused-ring (bicyclic) bond motifs is 1. The van der Waals surface area contributed by atoms with Crippen molar-refractivity contribution in [3.05, 3.63) is 48.0 Å². The van der Waals surface area contributed by atoms with Gasteiger partial charge >= 0.3 is 0 Å². The maximum Gasteiger partial charge on any atom is 0.250 e. The largest absolute Gasteiger partial charge is 0.338 e. The molecule has 0 aliphatic carbocycles. The third-order valence-electron chi connectivity index (χ3n) is 3.29. The van der Waals surface area contributed by atoms with E-state index in [1.165, 1.54) is 0 Å². The van der Waals surface area contributed by atoms with E-state index in [0.717, 1.165) is 11.3 Å². The molecule has 1 aliphatic rings. The molecule has 4 nitrogen and oxygen atoms in total. The van der Waals surface area contributed by atoms with Crippen molar-refractivity contribution >= 4 is 19.2 Å². The van der Waals surface area contributed by atoms with Crippen LogP contribution in [0.2, 0.25) is 0 Å². The summed E-state index contributed by atoms with van der Waals surface area (Å²) in [6, 6.07) is 7.07. The van der Waals surface area contributed by atoms with Gasteiger partial charge in [-0.25, -0.2) is 4.98 Å². The van der Waals surface area contributed by atoms with Gasteiger partial charge in [-0.15, -0.1) is 0 Å². The lowest BCUT2D eigenvalue weighted by Gasteiger charge is -2.31. The minimum Gasteiger partial charge on any atom is -0.338 e. The van der Waals surface area contributed by atoms with Crippen molar-refractivity contribution in [3.8, 4) is 0 Å². The second-order valence-corrected chi connectivity index (χ2v) is 4.56. The number of amides is 1. The Labute approximate surface area is 107 Å². The highest BCUT2D eigenvalue weighted by atomic mass is 16.2. The Hall–Kier alpha value is -2.04. The zero-order valence-electron chi connectivity index (χ0n) is 10.1. The predicted octanol–water partition coefficient (Wildman–Crippen LogP) is 0.238. The molecular formula is C13H12BN3O. The van der Waals surface area contributed by atoms with Crippen LogP contribution in [0.4, 0.5) is 0 Å². The summed E-state index contributed by atoms with van der Waals surface area (Å²) in [5.41, 5.74) is 2.67. The molecule has 0 saturated carbocycles. The number of hydrogen-bond donors (Lipinski definition) is 0. The number of imidazole rings is 1. The predicted molar refractivity (Wildman–Crippen MR) is 68.7 cm³/mol. The Balaban J connectivity index is 2.10. The molecule has 1 amide bonds. The van der Waals surface area contributed by atoms with Crippen molar-refractivity contribution in [2.45, 2.75) is 12.6 Å². The first-order valence-electron chi connectivity index (χ1n) is 5.78. The third kappa shape index (κ3) is 1.63. The average Bonchev–Trinajstić information content (AvgIpc) is 2.80. The normalized spacial score (nSPS) is 18.8. The highest BCUT2D eigenvalue weighted by Crippen LogP contribution is 2.26. The van der Waals surface area contributed by atoms with Crippen molar-refractivity contribution in [1.29, 1.82) is 0 Å². The lowest BCUT2D eigenvalue weighted by atomic mass is 9.93. The average molecular weight is 237 g/mol. The Morgan fingerprint density at radius 3 is 2.78 bits per heavy atom. The Bertz CT molecular complexity index is 591. The second-order valence-electron chi connectivity index (χ2n) is 4.56. The molecule has 1 aromatic heterocycles. The van der Waals surface area contributed by atoms with Gasteiger partial charge in [0, 0.05) is 13.2 Å². The van der Waals surface area contributed by atoms with Gasteiger partial charge in [0.1, 0.15) is 13.9 Å². The highest BCUT2D eigenvalue weighted by Gasteiger charge is 2.31. The molecule has 1 atom stereocenters. The van der Waals surface area contributed by atoms with Crippen LogP contribution in [-0.2, 0) is 11.3 Å². The summed E-state index contributed by atoms with van der Waals surface area (Å²) < 4.78 is 1.92. The lowest BCUT2D eigenvalue weighted by molar-refractivity contribution is -0.134. The summed E-state index contributed by atoms with van der Waals surface area (Å²) in [4.78, 5) is 18.2. The molecule has 2 aromatic rings. The Kier molecular flexibility index (Phi) is 2.47. The van der Waals surface area contributed by atoms with Crippen LogP contribution in [0.5, 0.6) is 0 Å². The van der Waals surface area contributed by atoms with Crippen LogP contribution >= 0.6 is 0 Å². The van der Waals surface area contributed by atoms with E-state index in [1.807, 2.05) is 35.9 Å². The summed E-state index contributed by atoms with van der Waals surface area (Å²) in [6.07, 6.45) is 3.51. The van der Waals surface area contributed by atoms with Crippen molar-refractivity contribution in [3.63, 3.8) is 0 Å². The number of hydrogen-bond acceptors (Lipinski definition) is 2. The zero-order valence-corrected chi connectivity index (χ0v) is 10.1. The molecule has 18 heavy (non-hydrogen) atoms. The molecule has 88 valence electrons. The van der Waals surface area contributed by atoms with Gasteiger partial charge in [-0.05, 0) is 5.56 Å². The fourth-order valence-electron chi connectivity index (χ4n) is 2.32. The monoisotopic (exact) mass is 237 g/mol. The van der Waals surface area contributed by atoms with Crippen molar-refractivity contribution in [1.82, 2.24) is 14.5 Å². The molecule has 1 aromatic carbocycles.